The predicted molar refractivity (Wildman–Crippen MR) is 48.1 cm³/mol. The van der Waals surface area contributed by atoms with Crippen LogP contribution in [0.3, 0.4) is 0 Å². The highest BCUT2D eigenvalue weighted by Crippen LogP contribution is 2.15. The molecule has 0 spiro atoms. The van der Waals surface area contributed by atoms with Gasteiger partial charge in [-0.2, -0.15) is 0 Å². The van der Waals surface area contributed by atoms with Crippen molar-refractivity contribution in [2.24, 2.45) is 5.41 Å². The van der Waals surface area contributed by atoms with Crippen LogP contribution >= 0.6 is 0 Å². The van der Waals surface area contributed by atoms with Gasteiger partial charge in [0.15, 0.2) is 0 Å². The summed E-state index contributed by atoms with van der Waals surface area (Å²) in [5.74, 6) is 0. The fourth-order valence-electron chi connectivity index (χ4n) is 0.759. The first-order valence-electron chi connectivity index (χ1n) is 4.24. The molecular weight excluding hydrogens is 120 g/mol. The third-order valence-corrected chi connectivity index (χ3v) is 1.34. The molecule has 0 aromatic rings. The van der Waals surface area contributed by atoms with Crippen molar-refractivity contribution in [1.82, 2.24) is 0 Å². The van der Waals surface area contributed by atoms with Crippen LogP contribution in [0.1, 0.15) is 47.0 Å². The molecule has 0 unspecified atom stereocenters. The molecule has 60 valence electrons. The summed E-state index contributed by atoms with van der Waals surface area (Å²) in [6.45, 7) is 8.92. The van der Waals surface area contributed by atoms with Crippen molar-refractivity contribution in [2.45, 2.75) is 47.0 Å². The highest BCUT2D eigenvalue weighted by atomic mass is 14.1. The smallest absolute Gasteiger partial charge is 0.0203 e. The normalized spacial score (nSPS) is 12.8. The summed E-state index contributed by atoms with van der Waals surface area (Å²) in [6, 6.07) is 0. The molecule has 0 saturated carbocycles. The molecule has 0 heterocycles. The number of hydrogen-bond donors (Lipinski definition) is 0. The molecule has 0 aliphatic carbocycles. The lowest BCUT2D eigenvalue weighted by Gasteiger charge is -2.10. The van der Waals surface area contributed by atoms with Gasteiger partial charge < -0.3 is 0 Å². The lowest BCUT2D eigenvalue weighted by molar-refractivity contribution is 0.541. The van der Waals surface area contributed by atoms with Crippen LogP contribution in [0.25, 0.3) is 0 Å². The molecule has 10 heavy (non-hydrogen) atoms. The molecule has 0 fully saturated rings. The Labute approximate surface area is 65.3 Å². The Morgan fingerprint density at radius 2 is 1.80 bits per heavy atom. The second kappa shape index (κ2) is 4.54. The molecule has 0 atom stereocenters. The average Bonchev–Trinajstić information content (AvgIpc) is 1.78. The van der Waals surface area contributed by atoms with Crippen LogP contribution in [0.4, 0.5) is 0 Å². The van der Waals surface area contributed by atoms with E-state index in [0.717, 1.165) is 0 Å². The predicted octanol–water partition coefficient (Wildman–Crippen LogP) is 3.78. The Hall–Kier alpha value is -0.260. The van der Waals surface area contributed by atoms with Gasteiger partial charge in [-0.25, -0.2) is 0 Å². The summed E-state index contributed by atoms with van der Waals surface area (Å²) in [5.41, 5.74) is 0.369. The van der Waals surface area contributed by atoms with Crippen LogP contribution in [0.15, 0.2) is 12.2 Å². The molecule has 0 amide bonds. The van der Waals surface area contributed by atoms with E-state index in [-0.39, 0.29) is 0 Å². The monoisotopic (exact) mass is 140 g/mol. The van der Waals surface area contributed by atoms with Crippen LogP contribution in [0.5, 0.6) is 0 Å². The topological polar surface area (TPSA) is 0 Å². The Bertz CT molecular complexity index is 93.1. The van der Waals surface area contributed by atoms with Gasteiger partial charge in [-0.15, -0.1) is 0 Å². The number of unbranched alkanes of at least 4 members (excludes halogenated alkanes) is 2. The SMILES string of the molecule is CCCC/C=C\C(C)(C)C. The van der Waals surface area contributed by atoms with Gasteiger partial charge in [0.25, 0.3) is 0 Å². The minimum Gasteiger partial charge on any atom is -0.0880 e. The van der Waals surface area contributed by atoms with Crippen molar-refractivity contribution in [3.05, 3.63) is 12.2 Å². The minimum atomic E-state index is 0.369. The van der Waals surface area contributed by atoms with Gasteiger partial charge >= 0.3 is 0 Å². The summed E-state index contributed by atoms with van der Waals surface area (Å²) in [7, 11) is 0. The van der Waals surface area contributed by atoms with Crippen LogP contribution < -0.4 is 0 Å². The van der Waals surface area contributed by atoms with E-state index < -0.39 is 0 Å². The van der Waals surface area contributed by atoms with E-state index in [1.54, 1.807) is 0 Å². The van der Waals surface area contributed by atoms with Crippen LogP contribution in [-0.4, -0.2) is 0 Å². The fourth-order valence-corrected chi connectivity index (χ4v) is 0.759. The van der Waals surface area contributed by atoms with Crippen molar-refractivity contribution in [3.8, 4) is 0 Å². The zero-order valence-electron chi connectivity index (χ0n) is 7.78. The lowest BCUT2D eigenvalue weighted by Crippen LogP contribution is -1.97. The molecule has 0 heteroatoms. The Morgan fingerprint density at radius 3 is 2.20 bits per heavy atom. The maximum Gasteiger partial charge on any atom is -0.0203 e. The largest absolute Gasteiger partial charge is 0.0880 e. The van der Waals surface area contributed by atoms with Gasteiger partial charge in [-0.05, 0) is 11.8 Å². The highest BCUT2D eigenvalue weighted by Gasteiger charge is 2.01. The molecule has 0 nitrogen and oxygen atoms in total. The molecule has 0 radical (unpaired) electrons. The number of rotatable bonds is 3. The first kappa shape index (κ1) is 9.74. The lowest BCUT2D eigenvalue weighted by atomic mass is 9.96. The van der Waals surface area contributed by atoms with Crippen molar-refractivity contribution >= 4 is 0 Å². The van der Waals surface area contributed by atoms with Crippen molar-refractivity contribution in [3.63, 3.8) is 0 Å². The summed E-state index contributed by atoms with van der Waals surface area (Å²) >= 11 is 0. The number of hydrogen-bond acceptors (Lipinski definition) is 0. The van der Waals surface area contributed by atoms with Gasteiger partial charge in [-0.3, -0.25) is 0 Å². The Kier molecular flexibility index (Phi) is 4.42. The first-order chi connectivity index (χ1) is 4.56. The van der Waals surface area contributed by atoms with E-state index in [2.05, 4.69) is 39.8 Å². The number of allylic oxidation sites excluding steroid dienone is 2. The Balaban J connectivity index is 3.37. The van der Waals surface area contributed by atoms with Crippen LogP contribution in [0, 0.1) is 5.41 Å². The van der Waals surface area contributed by atoms with Gasteiger partial charge in [0.05, 0.1) is 0 Å². The maximum absolute atomic E-state index is 2.30. The van der Waals surface area contributed by atoms with Crippen molar-refractivity contribution in [2.75, 3.05) is 0 Å². The average molecular weight is 140 g/mol. The van der Waals surface area contributed by atoms with E-state index in [1.165, 1.54) is 19.3 Å². The van der Waals surface area contributed by atoms with Gasteiger partial charge in [-0.1, -0.05) is 52.7 Å². The molecule has 0 aliphatic rings. The van der Waals surface area contributed by atoms with E-state index in [4.69, 9.17) is 0 Å². The molecule has 0 aromatic heterocycles. The molecule has 0 aliphatic heterocycles. The van der Waals surface area contributed by atoms with Crippen LogP contribution in [-0.2, 0) is 0 Å². The molecule has 0 bridgehead atoms. The quantitative estimate of drug-likeness (QED) is 0.413. The summed E-state index contributed by atoms with van der Waals surface area (Å²) in [6.07, 6.45) is 8.46. The maximum atomic E-state index is 2.30. The second-order valence-electron chi connectivity index (χ2n) is 3.91. The fraction of sp³-hybridized carbons (Fsp3) is 0.800. The van der Waals surface area contributed by atoms with Gasteiger partial charge in [0.1, 0.15) is 0 Å². The standard InChI is InChI=1S/C10H20/c1-5-6-7-8-9-10(2,3)4/h8-9H,5-7H2,1-4H3/b9-8-. The zero-order valence-corrected chi connectivity index (χ0v) is 7.78. The van der Waals surface area contributed by atoms with E-state index in [1.807, 2.05) is 0 Å². The zero-order chi connectivity index (χ0) is 8.04. The third-order valence-electron chi connectivity index (χ3n) is 1.34. The van der Waals surface area contributed by atoms with Crippen molar-refractivity contribution < 1.29 is 0 Å². The molecule has 0 saturated heterocycles. The van der Waals surface area contributed by atoms with Gasteiger partial charge in [0, 0.05) is 0 Å². The van der Waals surface area contributed by atoms with E-state index >= 15 is 0 Å². The van der Waals surface area contributed by atoms with E-state index in [9.17, 15) is 0 Å². The molecular formula is C10H20. The third kappa shape index (κ3) is 7.74. The molecule has 0 aromatic carbocycles. The molecule has 0 rings (SSSR count). The molecule has 0 N–H and O–H groups in total. The van der Waals surface area contributed by atoms with Crippen molar-refractivity contribution in [1.29, 1.82) is 0 Å². The van der Waals surface area contributed by atoms with E-state index in [0.29, 0.717) is 5.41 Å². The second-order valence-corrected chi connectivity index (χ2v) is 3.91. The summed E-state index contributed by atoms with van der Waals surface area (Å²) in [5, 5.41) is 0. The summed E-state index contributed by atoms with van der Waals surface area (Å²) in [4.78, 5) is 0. The van der Waals surface area contributed by atoms with Gasteiger partial charge in [0.2, 0.25) is 0 Å². The minimum absolute atomic E-state index is 0.369. The van der Waals surface area contributed by atoms with Crippen LogP contribution in [0.2, 0.25) is 0 Å². The highest BCUT2D eigenvalue weighted by molar-refractivity contribution is 4.91. The Morgan fingerprint density at radius 1 is 1.20 bits per heavy atom. The summed E-state index contributed by atoms with van der Waals surface area (Å²) < 4.78 is 0. The first-order valence-corrected chi connectivity index (χ1v) is 4.24.